The molecule has 0 aliphatic carbocycles. The van der Waals surface area contributed by atoms with Crippen LogP contribution in [0, 0.1) is 16.0 Å². The summed E-state index contributed by atoms with van der Waals surface area (Å²) in [5.74, 6) is -0.149. The van der Waals surface area contributed by atoms with Crippen LogP contribution >= 0.6 is 0 Å². The number of hydrogen-bond acceptors (Lipinski definition) is 4. The van der Waals surface area contributed by atoms with Gasteiger partial charge in [-0.05, 0) is 18.1 Å². The zero-order chi connectivity index (χ0) is 12.8. The molecule has 6 heteroatoms. The molecule has 90 valence electrons. The summed E-state index contributed by atoms with van der Waals surface area (Å²) < 4.78 is 0. The van der Waals surface area contributed by atoms with Crippen molar-refractivity contribution in [1.29, 1.82) is 0 Å². The van der Waals surface area contributed by atoms with Crippen LogP contribution in [0.25, 0.3) is 0 Å². The minimum atomic E-state index is -0.515. The van der Waals surface area contributed by atoms with Crippen LogP contribution in [-0.2, 0) is 0 Å². The predicted octanol–water partition coefficient (Wildman–Crippen LogP) is 1.97. The van der Waals surface area contributed by atoms with Crippen molar-refractivity contribution < 1.29 is 9.72 Å². The Bertz CT molecular complexity index is 438. The van der Waals surface area contributed by atoms with Crippen molar-refractivity contribution >= 4 is 17.8 Å². The fraction of sp³-hybridized carbons (Fsp3) is 0.273. The Balaban J connectivity index is 2.67. The molecule has 1 N–H and O–H groups in total. The van der Waals surface area contributed by atoms with E-state index in [2.05, 4.69) is 10.5 Å². The van der Waals surface area contributed by atoms with E-state index in [0.717, 1.165) is 0 Å². The van der Waals surface area contributed by atoms with Gasteiger partial charge < -0.3 is 0 Å². The van der Waals surface area contributed by atoms with E-state index in [0.29, 0.717) is 5.56 Å². The first kappa shape index (κ1) is 12.8. The second-order valence-electron chi connectivity index (χ2n) is 3.77. The number of carbonyl (C=O) groups excluding carboxylic acids is 1. The highest BCUT2D eigenvalue weighted by atomic mass is 16.6. The van der Waals surface area contributed by atoms with E-state index < -0.39 is 10.8 Å². The first-order valence-electron chi connectivity index (χ1n) is 5.08. The van der Waals surface area contributed by atoms with Crippen LogP contribution in [0.1, 0.15) is 24.2 Å². The number of nitrogens with zero attached hydrogens (tertiary/aromatic N) is 2. The van der Waals surface area contributed by atoms with Crippen molar-refractivity contribution in [1.82, 2.24) is 5.43 Å². The van der Waals surface area contributed by atoms with Crippen molar-refractivity contribution in [3.63, 3.8) is 0 Å². The molecule has 0 aliphatic heterocycles. The number of hydrazone groups is 1. The summed E-state index contributed by atoms with van der Waals surface area (Å²) in [6.07, 6.45) is 1.60. The highest BCUT2D eigenvalue weighted by Gasteiger charge is 2.08. The molecule has 0 saturated heterocycles. The molecule has 0 spiro atoms. The Morgan fingerprint density at radius 3 is 2.47 bits per heavy atom. The topological polar surface area (TPSA) is 84.6 Å². The molecule has 0 aliphatic rings. The molecule has 0 bridgehead atoms. The molecular weight excluding hydrogens is 222 g/mol. The maximum atomic E-state index is 11.5. The summed E-state index contributed by atoms with van der Waals surface area (Å²) in [6, 6.07) is 5.33. The Morgan fingerprint density at radius 1 is 1.41 bits per heavy atom. The van der Waals surface area contributed by atoms with Gasteiger partial charge in [-0.3, -0.25) is 14.9 Å². The summed E-state index contributed by atoms with van der Waals surface area (Å²) in [6.45, 7) is 3.86. The molecule has 1 aromatic rings. The second kappa shape index (κ2) is 5.74. The van der Waals surface area contributed by atoms with E-state index in [4.69, 9.17) is 0 Å². The zero-order valence-corrected chi connectivity index (χ0v) is 9.58. The second-order valence-corrected chi connectivity index (χ2v) is 3.77. The number of nitro benzene ring substituents is 1. The monoisotopic (exact) mass is 235 g/mol. The molecule has 0 saturated carbocycles. The third-order valence-corrected chi connectivity index (χ3v) is 1.88. The molecule has 1 rings (SSSR count). The summed E-state index contributed by atoms with van der Waals surface area (Å²) in [7, 11) is 0. The molecule has 1 amide bonds. The molecule has 0 heterocycles. The Hall–Kier alpha value is -2.24. The lowest BCUT2D eigenvalue weighted by atomic mass is 10.2. The maximum Gasteiger partial charge on any atom is 0.271 e. The molecule has 0 radical (unpaired) electrons. The summed E-state index contributed by atoms with van der Waals surface area (Å²) >= 11 is 0. The number of rotatable bonds is 4. The number of nitrogens with one attached hydrogen (secondary N) is 1. The number of nitro groups is 1. The van der Waals surface area contributed by atoms with E-state index in [1.54, 1.807) is 6.21 Å². The lowest BCUT2D eigenvalue weighted by Crippen LogP contribution is -2.17. The van der Waals surface area contributed by atoms with Gasteiger partial charge in [0.05, 0.1) is 4.92 Å². The fourth-order valence-corrected chi connectivity index (χ4v) is 1.04. The number of non-ortho nitro benzene ring substituents is 1. The summed E-state index contributed by atoms with van der Waals surface area (Å²) in [5.41, 5.74) is 2.62. The first-order chi connectivity index (χ1) is 8.00. The van der Waals surface area contributed by atoms with E-state index >= 15 is 0 Å². The van der Waals surface area contributed by atoms with Crippen molar-refractivity contribution in [2.45, 2.75) is 13.8 Å². The number of hydrogen-bond donors (Lipinski definition) is 1. The molecule has 0 fully saturated rings. The molecule has 6 nitrogen and oxygen atoms in total. The van der Waals surface area contributed by atoms with Gasteiger partial charge >= 0.3 is 0 Å². The van der Waals surface area contributed by atoms with E-state index in [-0.39, 0.29) is 11.6 Å². The number of benzene rings is 1. The standard InChI is InChI=1S/C11H13N3O3/c1-8(2)7-12-13-11(15)9-3-5-10(6-4-9)14(16)17/h3-8H,1-2H3,(H,13,15)/b12-7-. The maximum absolute atomic E-state index is 11.5. The third kappa shape index (κ3) is 4.02. The van der Waals surface area contributed by atoms with E-state index in [9.17, 15) is 14.9 Å². The quantitative estimate of drug-likeness (QED) is 0.491. The van der Waals surface area contributed by atoms with Crippen LogP contribution in [0.5, 0.6) is 0 Å². The highest BCUT2D eigenvalue weighted by Crippen LogP contribution is 2.11. The highest BCUT2D eigenvalue weighted by molar-refractivity contribution is 5.94. The summed E-state index contributed by atoms with van der Waals surface area (Å²) in [5, 5.41) is 14.2. The Labute approximate surface area is 98.5 Å². The molecular formula is C11H13N3O3. The minimum absolute atomic E-state index is 0.0489. The number of amides is 1. The average Bonchev–Trinajstić information content (AvgIpc) is 2.28. The smallest absolute Gasteiger partial charge is 0.267 e. The van der Waals surface area contributed by atoms with Gasteiger partial charge in [0.15, 0.2) is 0 Å². The molecule has 0 aromatic heterocycles. The third-order valence-electron chi connectivity index (χ3n) is 1.88. The number of carbonyl (C=O) groups is 1. The zero-order valence-electron chi connectivity index (χ0n) is 9.58. The van der Waals surface area contributed by atoms with Crippen LogP contribution in [0.2, 0.25) is 0 Å². The fourth-order valence-electron chi connectivity index (χ4n) is 1.04. The molecule has 0 unspecified atom stereocenters. The SMILES string of the molecule is CC(C)/C=N\NC(=O)c1ccc([N+](=O)[O-])cc1. The van der Waals surface area contributed by atoms with Gasteiger partial charge in [0.1, 0.15) is 0 Å². The average molecular weight is 235 g/mol. The van der Waals surface area contributed by atoms with Crippen molar-refractivity contribution in [2.24, 2.45) is 11.0 Å². The van der Waals surface area contributed by atoms with Crippen LogP contribution < -0.4 is 5.43 Å². The van der Waals surface area contributed by atoms with Crippen molar-refractivity contribution in [3.8, 4) is 0 Å². The van der Waals surface area contributed by atoms with Gasteiger partial charge in [0.25, 0.3) is 11.6 Å². The van der Waals surface area contributed by atoms with Crippen LogP contribution in [0.3, 0.4) is 0 Å². The molecule has 1 aromatic carbocycles. The Morgan fingerprint density at radius 2 is 2.00 bits per heavy atom. The van der Waals surface area contributed by atoms with Crippen LogP contribution in [0.15, 0.2) is 29.4 Å². The lowest BCUT2D eigenvalue weighted by molar-refractivity contribution is -0.384. The predicted molar refractivity (Wildman–Crippen MR) is 63.9 cm³/mol. The largest absolute Gasteiger partial charge is 0.271 e. The molecule has 0 atom stereocenters. The molecule has 17 heavy (non-hydrogen) atoms. The minimum Gasteiger partial charge on any atom is -0.267 e. The van der Waals surface area contributed by atoms with Crippen LogP contribution in [0.4, 0.5) is 5.69 Å². The van der Waals surface area contributed by atoms with Gasteiger partial charge in [-0.25, -0.2) is 5.43 Å². The van der Waals surface area contributed by atoms with E-state index in [1.165, 1.54) is 24.3 Å². The van der Waals surface area contributed by atoms with Gasteiger partial charge in [-0.15, -0.1) is 0 Å². The normalized spacial score (nSPS) is 10.8. The van der Waals surface area contributed by atoms with Crippen LogP contribution in [-0.4, -0.2) is 17.0 Å². The van der Waals surface area contributed by atoms with E-state index in [1.807, 2.05) is 13.8 Å². The first-order valence-corrected chi connectivity index (χ1v) is 5.08. The summed E-state index contributed by atoms with van der Waals surface area (Å²) in [4.78, 5) is 21.4. The van der Waals surface area contributed by atoms with Gasteiger partial charge in [-0.1, -0.05) is 13.8 Å². The van der Waals surface area contributed by atoms with Gasteiger partial charge in [-0.2, -0.15) is 5.10 Å². The van der Waals surface area contributed by atoms with Gasteiger partial charge in [0.2, 0.25) is 0 Å². The Kier molecular flexibility index (Phi) is 4.33. The van der Waals surface area contributed by atoms with Crippen molar-refractivity contribution in [3.05, 3.63) is 39.9 Å². The van der Waals surface area contributed by atoms with Crippen molar-refractivity contribution in [2.75, 3.05) is 0 Å². The lowest BCUT2D eigenvalue weighted by Gasteiger charge is -2.00. The van der Waals surface area contributed by atoms with Gasteiger partial charge in [0, 0.05) is 23.9 Å².